The van der Waals surface area contributed by atoms with Gasteiger partial charge in [0.25, 0.3) is 5.19 Å². The number of benzene rings is 1. The molecule has 1 saturated heterocycles. The van der Waals surface area contributed by atoms with E-state index in [1.165, 1.54) is 22.7 Å². The largest absolute Gasteiger partial charge is 0.481 e. The molecule has 3 unspecified atom stereocenters. The minimum Gasteiger partial charge on any atom is -0.481 e. The van der Waals surface area contributed by atoms with Gasteiger partial charge in [-0.3, -0.25) is 10.1 Å². The molecule has 2 amide bonds. The number of carbonyl (C=O) groups is 2. The third-order valence-corrected chi connectivity index (χ3v) is 8.81. The van der Waals surface area contributed by atoms with E-state index in [0.29, 0.717) is 36.9 Å². The first-order valence-corrected chi connectivity index (χ1v) is 14.0. The molecule has 13 heteroatoms. The van der Waals surface area contributed by atoms with Gasteiger partial charge in [-0.15, -0.1) is 11.3 Å². The maximum Gasteiger partial charge on any atom is 0.318 e. The number of nitrogens with one attached hydrogen (secondary N) is 3. The van der Waals surface area contributed by atoms with Crippen LogP contribution in [0.5, 0.6) is 5.19 Å². The minimum absolute atomic E-state index is 0.339. The average Bonchev–Trinajstić information content (AvgIpc) is 3.58. The van der Waals surface area contributed by atoms with Crippen molar-refractivity contribution >= 4 is 56.8 Å². The topological polar surface area (TPSA) is 141 Å². The SMILES string of the molecule is CCNC(=O)NC1(C2CNCCC2(C)C(=O)O)N=CC=CN1c1cc(-c2csc(OC)n2)c2scnc2c1. The molecule has 4 heterocycles. The maximum absolute atomic E-state index is 13.1. The van der Waals surface area contributed by atoms with Crippen LogP contribution in [0.1, 0.15) is 20.3 Å². The van der Waals surface area contributed by atoms with E-state index in [-0.39, 0.29) is 0 Å². The number of piperidine rings is 1. The summed E-state index contributed by atoms with van der Waals surface area (Å²) in [6.07, 6.45) is 5.57. The molecule has 3 aromatic rings. The highest BCUT2D eigenvalue weighted by atomic mass is 32.1. The third kappa shape index (κ3) is 4.40. The van der Waals surface area contributed by atoms with Crippen molar-refractivity contribution in [2.75, 3.05) is 31.6 Å². The van der Waals surface area contributed by atoms with Gasteiger partial charge in [0.1, 0.15) is 0 Å². The number of nitrogens with zero attached hydrogens (tertiary/aromatic N) is 4. The molecular weight excluding hydrogens is 526 g/mol. The van der Waals surface area contributed by atoms with Crippen molar-refractivity contribution in [2.45, 2.75) is 26.1 Å². The van der Waals surface area contributed by atoms with Crippen LogP contribution in [0.3, 0.4) is 0 Å². The van der Waals surface area contributed by atoms with Crippen LogP contribution in [-0.4, -0.2) is 65.8 Å². The standard InChI is InChI=1S/C25H29N7O4S2/c1-4-27-22(35)31-25(19-12-26-8-6-24(19,2)21(33)34)29-7-5-9-32(25)15-10-16(18-13-37-23(30-18)36-3)20-17(11-15)28-14-38-20/h5,7,9-11,13-14,19,26H,4,6,8,12H2,1-3H3,(H,33,34)(H2,27,31,35). The quantitative estimate of drug-likeness (QED) is 0.347. The van der Waals surface area contributed by atoms with E-state index in [4.69, 9.17) is 9.73 Å². The summed E-state index contributed by atoms with van der Waals surface area (Å²) in [6, 6.07) is 3.46. The van der Waals surface area contributed by atoms with Gasteiger partial charge in [-0.2, -0.15) is 0 Å². The normalized spacial score (nSPS) is 24.9. The number of fused-ring (bicyclic) bond motifs is 1. The monoisotopic (exact) mass is 555 g/mol. The summed E-state index contributed by atoms with van der Waals surface area (Å²) in [5.74, 6) is -3.00. The molecule has 0 saturated carbocycles. The second-order valence-electron chi connectivity index (χ2n) is 9.33. The van der Waals surface area contributed by atoms with Crippen LogP contribution in [0.2, 0.25) is 0 Å². The molecule has 11 nitrogen and oxygen atoms in total. The van der Waals surface area contributed by atoms with E-state index in [1.807, 2.05) is 35.5 Å². The summed E-state index contributed by atoms with van der Waals surface area (Å²) in [5.41, 5.74) is 3.65. The summed E-state index contributed by atoms with van der Waals surface area (Å²) in [7, 11) is 1.58. The third-order valence-electron chi connectivity index (χ3n) is 7.14. The molecule has 2 aliphatic rings. The van der Waals surface area contributed by atoms with Gasteiger partial charge >= 0.3 is 12.0 Å². The van der Waals surface area contributed by atoms with Gasteiger partial charge < -0.3 is 25.4 Å². The molecular formula is C25H29N7O4S2. The lowest BCUT2D eigenvalue weighted by molar-refractivity contribution is -0.155. The lowest BCUT2D eigenvalue weighted by Crippen LogP contribution is -2.71. The number of carbonyl (C=O) groups excluding carboxylic acids is 1. The van der Waals surface area contributed by atoms with Crippen LogP contribution >= 0.6 is 22.7 Å². The molecule has 3 atom stereocenters. The number of thiazole rings is 2. The summed E-state index contributed by atoms with van der Waals surface area (Å²) in [4.78, 5) is 41.6. The Hall–Kier alpha value is -3.55. The van der Waals surface area contributed by atoms with Crippen molar-refractivity contribution in [3.63, 3.8) is 0 Å². The van der Waals surface area contributed by atoms with Gasteiger partial charge in [-0.1, -0.05) is 11.3 Å². The van der Waals surface area contributed by atoms with E-state index in [2.05, 4.69) is 25.9 Å². The van der Waals surface area contributed by atoms with Crippen molar-refractivity contribution in [3.8, 4) is 16.5 Å². The van der Waals surface area contributed by atoms with Crippen LogP contribution < -0.4 is 25.6 Å². The number of aliphatic carboxylic acids is 1. The van der Waals surface area contributed by atoms with Crippen LogP contribution in [0.25, 0.3) is 21.5 Å². The first-order valence-electron chi connectivity index (χ1n) is 12.2. The van der Waals surface area contributed by atoms with E-state index in [9.17, 15) is 14.7 Å². The fraction of sp³-hybridized carbons (Fsp3) is 0.400. The lowest BCUT2D eigenvalue weighted by Gasteiger charge is -2.52. The molecule has 2 aromatic heterocycles. The van der Waals surface area contributed by atoms with Crippen LogP contribution in [0.4, 0.5) is 10.5 Å². The Morgan fingerprint density at radius 2 is 2.18 bits per heavy atom. The summed E-state index contributed by atoms with van der Waals surface area (Å²) in [6.45, 7) is 4.84. The summed E-state index contributed by atoms with van der Waals surface area (Å²) < 4.78 is 6.28. The zero-order chi connectivity index (χ0) is 26.9. The summed E-state index contributed by atoms with van der Waals surface area (Å²) in [5, 5.41) is 22.0. The highest BCUT2D eigenvalue weighted by molar-refractivity contribution is 7.17. The average molecular weight is 556 g/mol. The molecule has 38 heavy (non-hydrogen) atoms. The Morgan fingerprint density at radius 1 is 1.34 bits per heavy atom. The molecule has 5 rings (SSSR count). The van der Waals surface area contributed by atoms with Gasteiger partial charge in [-0.25, -0.2) is 19.8 Å². The van der Waals surface area contributed by atoms with Crippen LogP contribution in [-0.2, 0) is 4.79 Å². The van der Waals surface area contributed by atoms with E-state index in [1.54, 1.807) is 31.8 Å². The molecule has 0 radical (unpaired) electrons. The lowest BCUT2D eigenvalue weighted by atomic mass is 9.68. The van der Waals surface area contributed by atoms with Gasteiger partial charge in [0, 0.05) is 42.1 Å². The number of carboxylic acid groups (broad SMARTS) is 1. The number of anilines is 1. The zero-order valence-corrected chi connectivity index (χ0v) is 22.9. The zero-order valence-electron chi connectivity index (χ0n) is 21.2. The number of ether oxygens (including phenoxy) is 1. The van der Waals surface area contributed by atoms with E-state index < -0.39 is 29.1 Å². The fourth-order valence-electron chi connectivity index (χ4n) is 5.14. The number of amides is 2. The Morgan fingerprint density at radius 3 is 2.92 bits per heavy atom. The molecule has 1 aromatic carbocycles. The first kappa shape index (κ1) is 26.1. The number of rotatable bonds is 7. The highest BCUT2D eigenvalue weighted by Crippen LogP contribution is 2.46. The molecule has 0 spiro atoms. The minimum atomic E-state index is -1.44. The van der Waals surface area contributed by atoms with E-state index in [0.717, 1.165) is 21.5 Å². The Bertz CT molecular complexity index is 1420. The van der Waals surface area contributed by atoms with Gasteiger partial charge in [-0.05, 0) is 45.0 Å². The Kier molecular flexibility index (Phi) is 7.07. The van der Waals surface area contributed by atoms with E-state index >= 15 is 0 Å². The van der Waals surface area contributed by atoms with Crippen molar-refractivity contribution in [2.24, 2.45) is 16.3 Å². The van der Waals surface area contributed by atoms with Crippen LogP contribution in [0.15, 0.2) is 40.3 Å². The Balaban J connectivity index is 1.70. The van der Waals surface area contributed by atoms with Crippen molar-refractivity contribution in [3.05, 3.63) is 35.3 Å². The fourth-order valence-corrected chi connectivity index (χ4v) is 6.58. The van der Waals surface area contributed by atoms with Gasteiger partial charge in [0.15, 0.2) is 0 Å². The highest BCUT2D eigenvalue weighted by Gasteiger charge is 2.57. The van der Waals surface area contributed by atoms with Crippen molar-refractivity contribution in [1.82, 2.24) is 25.9 Å². The summed E-state index contributed by atoms with van der Waals surface area (Å²) >= 11 is 2.91. The van der Waals surface area contributed by atoms with Crippen LogP contribution in [0, 0.1) is 11.3 Å². The molecule has 200 valence electrons. The number of carboxylic acids is 1. The molecule has 4 N–H and O–H groups in total. The number of hydrogen-bond acceptors (Lipinski definition) is 10. The van der Waals surface area contributed by atoms with Crippen molar-refractivity contribution in [1.29, 1.82) is 0 Å². The van der Waals surface area contributed by atoms with Gasteiger partial charge in [0.05, 0.1) is 39.9 Å². The first-order chi connectivity index (χ1) is 18.3. The van der Waals surface area contributed by atoms with Crippen molar-refractivity contribution < 1.29 is 19.4 Å². The predicted molar refractivity (Wildman–Crippen MR) is 149 cm³/mol. The second-order valence-corrected chi connectivity index (χ2v) is 11.0. The molecule has 1 fully saturated rings. The Labute approximate surface area is 227 Å². The number of hydrogen-bond donors (Lipinski definition) is 4. The number of aliphatic imine (C=N–C) groups is 1. The predicted octanol–water partition coefficient (Wildman–Crippen LogP) is 3.51. The molecule has 2 aliphatic heterocycles. The molecule has 0 bridgehead atoms. The second kappa shape index (κ2) is 10.3. The van der Waals surface area contributed by atoms with Gasteiger partial charge in [0.2, 0.25) is 5.79 Å². The number of urea groups is 1. The maximum atomic E-state index is 13.1. The smallest absolute Gasteiger partial charge is 0.318 e. The number of methoxy groups -OCH3 is 1. The number of aromatic nitrogens is 2. The number of allylic oxidation sites excluding steroid dienone is 1. The molecule has 0 aliphatic carbocycles.